The molecule has 1 aromatic rings. The molecule has 122 valence electrons. The molecule has 1 atom stereocenters. The van der Waals surface area contributed by atoms with Crippen LogP contribution in [-0.2, 0) is 15.3 Å². The average molecular weight is 321 g/mol. The number of sulfone groups is 1. The highest BCUT2D eigenvalue weighted by Gasteiger charge is 2.33. The molecule has 0 spiro atoms. The first kappa shape index (κ1) is 16.0. The summed E-state index contributed by atoms with van der Waals surface area (Å²) in [5.74, 6) is 1.09. The van der Waals surface area contributed by atoms with Gasteiger partial charge in [-0.2, -0.15) is 0 Å². The Kier molecular flexibility index (Phi) is 4.60. The van der Waals surface area contributed by atoms with Gasteiger partial charge < -0.3 is 5.32 Å². The van der Waals surface area contributed by atoms with Crippen molar-refractivity contribution in [3.05, 3.63) is 35.9 Å². The van der Waals surface area contributed by atoms with Crippen LogP contribution < -0.4 is 5.32 Å². The highest BCUT2D eigenvalue weighted by Crippen LogP contribution is 2.39. The van der Waals surface area contributed by atoms with Crippen LogP contribution in [0, 0.1) is 5.92 Å². The lowest BCUT2D eigenvalue weighted by Crippen LogP contribution is -2.40. The Hall–Kier alpha value is -0.870. The summed E-state index contributed by atoms with van der Waals surface area (Å²) >= 11 is 0. The van der Waals surface area contributed by atoms with Crippen molar-refractivity contribution in [2.45, 2.75) is 50.5 Å². The van der Waals surface area contributed by atoms with Crippen molar-refractivity contribution in [3.63, 3.8) is 0 Å². The summed E-state index contributed by atoms with van der Waals surface area (Å²) in [5.41, 5.74) is 1.76. The molecule has 0 unspecified atom stereocenters. The molecule has 2 fully saturated rings. The maximum Gasteiger partial charge on any atom is 0.150 e. The second kappa shape index (κ2) is 6.32. The van der Waals surface area contributed by atoms with E-state index in [-0.39, 0.29) is 0 Å². The van der Waals surface area contributed by atoms with Crippen LogP contribution in [-0.4, -0.2) is 32.5 Å². The quantitative estimate of drug-likeness (QED) is 0.927. The van der Waals surface area contributed by atoms with E-state index in [1.54, 1.807) is 0 Å². The largest absolute Gasteiger partial charge is 0.314 e. The summed E-state index contributed by atoms with van der Waals surface area (Å²) in [6, 6.07) is 11.4. The zero-order valence-corrected chi connectivity index (χ0v) is 14.2. The van der Waals surface area contributed by atoms with Crippen molar-refractivity contribution in [3.8, 4) is 0 Å². The maximum absolute atomic E-state index is 11.5. The number of nitrogens with one attached hydrogen (secondary N) is 1. The van der Waals surface area contributed by atoms with Crippen molar-refractivity contribution in [1.29, 1.82) is 0 Å². The Bertz CT molecular complexity index is 589. The maximum atomic E-state index is 11.5. The van der Waals surface area contributed by atoms with E-state index in [4.69, 9.17) is 0 Å². The van der Waals surface area contributed by atoms with Gasteiger partial charge in [-0.3, -0.25) is 0 Å². The van der Waals surface area contributed by atoms with E-state index in [9.17, 15) is 8.42 Å². The summed E-state index contributed by atoms with van der Waals surface area (Å²) in [4.78, 5) is 0. The van der Waals surface area contributed by atoms with Gasteiger partial charge >= 0.3 is 0 Å². The summed E-state index contributed by atoms with van der Waals surface area (Å²) in [6.45, 7) is 3.24. The molecule has 0 aromatic heterocycles. The van der Waals surface area contributed by atoms with Crippen molar-refractivity contribution in [2.75, 3.05) is 18.1 Å². The fraction of sp³-hybridized carbons (Fsp3) is 0.667. The first-order valence-electron chi connectivity index (χ1n) is 8.46. The van der Waals surface area contributed by atoms with Crippen molar-refractivity contribution in [2.24, 2.45) is 5.92 Å². The van der Waals surface area contributed by atoms with Gasteiger partial charge in [-0.25, -0.2) is 8.42 Å². The fourth-order valence-corrected chi connectivity index (χ4v) is 5.82. The molecule has 3 rings (SSSR count). The van der Waals surface area contributed by atoms with Gasteiger partial charge in [0, 0.05) is 6.04 Å². The normalized spacial score (nSPS) is 34.6. The molecule has 1 aromatic carbocycles. The summed E-state index contributed by atoms with van der Waals surface area (Å²) in [5, 5.41) is 3.63. The Labute approximate surface area is 134 Å². The zero-order valence-electron chi connectivity index (χ0n) is 13.4. The zero-order chi connectivity index (χ0) is 15.6. The summed E-state index contributed by atoms with van der Waals surface area (Å²) in [7, 11) is -2.74. The highest BCUT2D eigenvalue weighted by atomic mass is 32.2. The molecular weight excluding hydrogens is 294 g/mol. The number of benzene rings is 1. The van der Waals surface area contributed by atoms with Crippen LogP contribution >= 0.6 is 0 Å². The minimum atomic E-state index is -2.74. The van der Waals surface area contributed by atoms with Gasteiger partial charge in [0.25, 0.3) is 0 Å². The third kappa shape index (κ3) is 3.72. The molecule has 1 heterocycles. The van der Waals surface area contributed by atoms with Gasteiger partial charge in [0.1, 0.15) is 0 Å². The number of rotatable bonds is 4. The van der Waals surface area contributed by atoms with Crippen molar-refractivity contribution >= 4 is 9.84 Å². The Balaban J connectivity index is 1.48. The van der Waals surface area contributed by atoms with Crippen LogP contribution in [0.1, 0.15) is 44.6 Å². The standard InChI is InChI=1S/C18H27NO2S/c1-18(16-5-3-2-4-6-16)10-7-17(8-11-18)19-13-15-9-12-22(20,21)14-15/h2-6,15,17,19H,7-14H2,1H3/t15-,17?,18?/m0/s1. The SMILES string of the molecule is CC1(c2ccccc2)CCC(NC[C@@H]2CCS(=O)(=O)C2)CC1. The Morgan fingerprint density at radius 2 is 1.82 bits per heavy atom. The summed E-state index contributed by atoms with van der Waals surface area (Å²) < 4.78 is 23.0. The van der Waals surface area contributed by atoms with Crippen LogP contribution in [0.25, 0.3) is 0 Å². The van der Waals surface area contributed by atoms with E-state index < -0.39 is 9.84 Å². The molecule has 4 heteroatoms. The molecule has 0 amide bonds. The Morgan fingerprint density at radius 3 is 2.41 bits per heavy atom. The van der Waals surface area contributed by atoms with Crippen molar-refractivity contribution in [1.82, 2.24) is 5.32 Å². The van der Waals surface area contributed by atoms with Gasteiger partial charge in [0.15, 0.2) is 9.84 Å². The third-order valence-electron chi connectivity index (χ3n) is 5.58. The molecule has 2 aliphatic rings. The minimum Gasteiger partial charge on any atom is -0.314 e. The minimum absolute atomic E-state index is 0.302. The molecule has 1 aliphatic carbocycles. The highest BCUT2D eigenvalue weighted by molar-refractivity contribution is 7.91. The molecule has 0 bridgehead atoms. The van der Waals surface area contributed by atoms with E-state index in [1.807, 2.05) is 0 Å². The van der Waals surface area contributed by atoms with Crippen LogP contribution in [0.4, 0.5) is 0 Å². The lowest BCUT2D eigenvalue weighted by Gasteiger charge is -2.38. The first-order chi connectivity index (χ1) is 10.5. The lowest BCUT2D eigenvalue weighted by molar-refractivity contribution is 0.258. The lowest BCUT2D eigenvalue weighted by atomic mass is 9.69. The predicted octanol–water partition coefficient (Wildman–Crippen LogP) is 2.91. The molecule has 1 N–H and O–H groups in total. The summed E-state index contributed by atoms with van der Waals surface area (Å²) in [6.07, 6.45) is 5.62. The van der Waals surface area contributed by atoms with Crippen LogP contribution in [0.5, 0.6) is 0 Å². The van der Waals surface area contributed by atoms with Gasteiger partial charge in [0.2, 0.25) is 0 Å². The number of hydrogen-bond acceptors (Lipinski definition) is 3. The molecule has 1 saturated heterocycles. The van der Waals surface area contributed by atoms with Crippen LogP contribution in [0.15, 0.2) is 30.3 Å². The smallest absolute Gasteiger partial charge is 0.150 e. The topological polar surface area (TPSA) is 46.2 Å². The van der Waals surface area contributed by atoms with Crippen LogP contribution in [0.2, 0.25) is 0 Å². The second-order valence-corrected chi connectivity index (χ2v) is 9.61. The van der Waals surface area contributed by atoms with E-state index in [1.165, 1.54) is 31.2 Å². The first-order valence-corrected chi connectivity index (χ1v) is 10.3. The van der Waals surface area contributed by atoms with Crippen LogP contribution in [0.3, 0.4) is 0 Å². The second-order valence-electron chi connectivity index (χ2n) is 7.38. The van der Waals surface area contributed by atoms with Gasteiger partial charge in [-0.05, 0) is 55.5 Å². The third-order valence-corrected chi connectivity index (χ3v) is 7.42. The molecule has 1 saturated carbocycles. The molecule has 22 heavy (non-hydrogen) atoms. The monoisotopic (exact) mass is 321 g/mol. The van der Waals surface area contributed by atoms with E-state index in [0.717, 1.165) is 13.0 Å². The van der Waals surface area contributed by atoms with Gasteiger partial charge in [-0.1, -0.05) is 37.3 Å². The fourth-order valence-electron chi connectivity index (χ4n) is 3.95. The molecular formula is C18H27NO2S. The van der Waals surface area contributed by atoms with Crippen molar-refractivity contribution < 1.29 is 8.42 Å². The van der Waals surface area contributed by atoms with E-state index in [0.29, 0.717) is 28.9 Å². The van der Waals surface area contributed by atoms with Gasteiger partial charge in [-0.15, -0.1) is 0 Å². The predicted molar refractivity (Wildman–Crippen MR) is 90.8 cm³/mol. The van der Waals surface area contributed by atoms with E-state index in [2.05, 4.69) is 42.6 Å². The molecule has 3 nitrogen and oxygen atoms in total. The van der Waals surface area contributed by atoms with E-state index >= 15 is 0 Å². The number of hydrogen-bond donors (Lipinski definition) is 1. The van der Waals surface area contributed by atoms with Gasteiger partial charge in [0.05, 0.1) is 11.5 Å². The Morgan fingerprint density at radius 1 is 1.14 bits per heavy atom. The molecule has 1 aliphatic heterocycles. The average Bonchev–Trinajstić information content (AvgIpc) is 2.87. The molecule has 0 radical (unpaired) electrons.